The number of halogens is 1. The number of fused-ring (bicyclic) bond motifs is 1. The Morgan fingerprint density at radius 1 is 1.30 bits per heavy atom. The first kappa shape index (κ1) is 13.4. The summed E-state index contributed by atoms with van der Waals surface area (Å²) >= 11 is 7.84. The molecule has 2 N–H and O–H groups in total. The van der Waals surface area contributed by atoms with Crippen molar-refractivity contribution < 1.29 is 0 Å². The Bertz CT molecular complexity index is 742. The molecule has 0 fully saturated rings. The number of nitrogens with one attached hydrogen (secondary N) is 2. The lowest BCUT2D eigenvalue weighted by atomic mass is 10.2. The average Bonchev–Trinajstić information content (AvgIpc) is 2.92. The van der Waals surface area contributed by atoms with Crippen molar-refractivity contribution in [2.45, 2.75) is 16.5 Å². The molecule has 20 heavy (non-hydrogen) atoms. The van der Waals surface area contributed by atoms with Gasteiger partial charge in [-0.1, -0.05) is 35.5 Å². The van der Waals surface area contributed by atoms with Crippen molar-refractivity contribution in [3.63, 3.8) is 0 Å². The molecule has 0 saturated carbocycles. The molecule has 2 heterocycles. The van der Waals surface area contributed by atoms with Gasteiger partial charge in [0.1, 0.15) is 16.9 Å². The Morgan fingerprint density at radius 3 is 3.05 bits per heavy atom. The molecule has 0 atom stereocenters. The van der Waals surface area contributed by atoms with Crippen LogP contribution in [-0.4, -0.2) is 27.0 Å². The third kappa shape index (κ3) is 2.49. The number of hydrogen-bond acceptors (Lipinski definition) is 5. The van der Waals surface area contributed by atoms with Crippen LogP contribution in [0.3, 0.4) is 0 Å². The highest BCUT2D eigenvalue weighted by Crippen LogP contribution is 2.36. The molecule has 0 aliphatic heterocycles. The maximum atomic E-state index is 6.32. The van der Waals surface area contributed by atoms with E-state index >= 15 is 0 Å². The first-order valence-electron chi connectivity index (χ1n) is 6.03. The molecule has 1 aromatic carbocycles. The molecule has 7 heteroatoms. The lowest BCUT2D eigenvalue weighted by molar-refractivity contribution is 0.803. The fourth-order valence-electron chi connectivity index (χ4n) is 1.91. The number of rotatable bonds is 4. The minimum Gasteiger partial charge on any atom is -0.341 e. The van der Waals surface area contributed by atoms with Crippen LogP contribution in [0.15, 0.2) is 40.8 Å². The molecule has 102 valence electrons. The zero-order chi connectivity index (χ0) is 13.9. The Hall–Kier alpha value is -1.63. The summed E-state index contributed by atoms with van der Waals surface area (Å²) in [6, 6.07) is 5.88. The number of aromatic amines is 1. The quantitative estimate of drug-likeness (QED) is 0.726. The Labute approximate surface area is 125 Å². The maximum absolute atomic E-state index is 6.32. The Morgan fingerprint density at radius 2 is 2.20 bits per heavy atom. The second-order valence-corrected chi connectivity index (χ2v) is 5.55. The minimum atomic E-state index is 0.657. The van der Waals surface area contributed by atoms with Crippen molar-refractivity contribution in [1.82, 2.24) is 25.3 Å². The molecule has 3 aromatic rings. The summed E-state index contributed by atoms with van der Waals surface area (Å²) in [5.41, 5.74) is 2.62. The third-order valence-electron chi connectivity index (χ3n) is 2.80. The number of H-pyrrole nitrogens is 1. The van der Waals surface area contributed by atoms with Crippen LogP contribution in [-0.2, 0) is 6.54 Å². The van der Waals surface area contributed by atoms with E-state index in [0.29, 0.717) is 10.7 Å². The summed E-state index contributed by atoms with van der Waals surface area (Å²) in [6.07, 6.45) is 3.13. The lowest BCUT2D eigenvalue weighted by Gasteiger charge is -2.10. The molecule has 2 aromatic heterocycles. The smallest absolute Gasteiger partial charge is 0.181 e. The van der Waals surface area contributed by atoms with Gasteiger partial charge in [0.25, 0.3) is 0 Å². The summed E-state index contributed by atoms with van der Waals surface area (Å²) in [6.45, 7) is 0.750. The van der Waals surface area contributed by atoms with E-state index < -0.39 is 0 Å². The third-order valence-corrected chi connectivity index (χ3v) is 4.42. The zero-order valence-electron chi connectivity index (χ0n) is 10.7. The van der Waals surface area contributed by atoms with Crippen molar-refractivity contribution in [1.29, 1.82) is 0 Å². The van der Waals surface area contributed by atoms with Crippen LogP contribution in [0, 0.1) is 0 Å². The van der Waals surface area contributed by atoms with Gasteiger partial charge in [-0.25, -0.2) is 15.0 Å². The molecular formula is C13H12ClN5S. The molecule has 0 bridgehead atoms. The van der Waals surface area contributed by atoms with Crippen LogP contribution in [0.1, 0.15) is 5.56 Å². The molecular weight excluding hydrogens is 294 g/mol. The first-order valence-corrected chi connectivity index (χ1v) is 7.23. The van der Waals surface area contributed by atoms with Crippen molar-refractivity contribution >= 4 is 34.5 Å². The van der Waals surface area contributed by atoms with Crippen molar-refractivity contribution in [3.8, 4) is 0 Å². The Balaban J connectivity index is 2.05. The van der Waals surface area contributed by atoms with E-state index in [1.807, 2.05) is 19.2 Å². The molecule has 0 unspecified atom stereocenters. The number of hydrogen-bond donors (Lipinski definition) is 2. The second-order valence-electron chi connectivity index (χ2n) is 4.14. The van der Waals surface area contributed by atoms with Crippen LogP contribution >= 0.6 is 23.4 Å². The van der Waals surface area contributed by atoms with Crippen LogP contribution < -0.4 is 5.32 Å². The summed E-state index contributed by atoms with van der Waals surface area (Å²) < 4.78 is 0. The average molecular weight is 306 g/mol. The van der Waals surface area contributed by atoms with E-state index in [2.05, 4.69) is 31.3 Å². The molecule has 0 spiro atoms. The lowest BCUT2D eigenvalue weighted by Crippen LogP contribution is -2.06. The molecule has 0 amide bonds. The fourth-order valence-corrected chi connectivity index (χ4v) is 3.21. The highest BCUT2D eigenvalue weighted by molar-refractivity contribution is 7.99. The van der Waals surface area contributed by atoms with Gasteiger partial charge in [-0.3, -0.25) is 0 Å². The van der Waals surface area contributed by atoms with Crippen LogP contribution in [0.25, 0.3) is 11.2 Å². The SMILES string of the molecule is CNCc1cccc(Cl)c1Sc1ncnc2nc[nH]c12. The van der Waals surface area contributed by atoms with E-state index in [1.54, 1.807) is 6.33 Å². The monoisotopic (exact) mass is 305 g/mol. The number of imidazole rings is 1. The molecule has 5 nitrogen and oxygen atoms in total. The minimum absolute atomic E-state index is 0.657. The van der Waals surface area contributed by atoms with Gasteiger partial charge in [0.05, 0.1) is 11.3 Å². The van der Waals surface area contributed by atoms with E-state index in [4.69, 9.17) is 11.6 Å². The van der Waals surface area contributed by atoms with Gasteiger partial charge < -0.3 is 10.3 Å². The Kier molecular flexibility index (Phi) is 3.86. The second kappa shape index (κ2) is 5.78. The molecule has 0 aliphatic carbocycles. The number of nitrogens with zero attached hydrogens (tertiary/aromatic N) is 3. The topological polar surface area (TPSA) is 66.5 Å². The van der Waals surface area contributed by atoms with Gasteiger partial charge in [0, 0.05) is 11.4 Å². The zero-order valence-corrected chi connectivity index (χ0v) is 12.3. The fraction of sp³-hybridized carbons (Fsp3) is 0.154. The maximum Gasteiger partial charge on any atom is 0.181 e. The van der Waals surface area contributed by atoms with Gasteiger partial charge in [-0.05, 0) is 18.7 Å². The molecule has 3 rings (SSSR count). The van der Waals surface area contributed by atoms with Gasteiger partial charge in [-0.2, -0.15) is 0 Å². The summed E-state index contributed by atoms with van der Waals surface area (Å²) in [7, 11) is 1.91. The standard InChI is InChI=1S/C13H12ClN5S/c1-15-5-8-3-2-4-9(14)11(8)20-13-10-12(17-6-16-10)18-7-19-13/h2-4,6-7,15H,5H2,1H3,(H,16,17,18,19). The summed E-state index contributed by atoms with van der Waals surface area (Å²) in [4.78, 5) is 16.6. The highest BCUT2D eigenvalue weighted by Gasteiger charge is 2.13. The van der Waals surface area contributed by atoms with Crippen molar-refractivity contribution in [2.24, 2.45) is 0 Å². The van der Waals surface area contributed by atoms with Crippen LogP contribution in [0.2, 0.25) is 5.02 Å². The number of benzene rings is 1. The molecule has 0 saturated heterocycles. The van der Waals surface area contributed by atoms with E-state index in [9.17, 15) is 0 Å². The largest absolute Gasteiger partial charge is 0.341 e. The normalized spacial score (nSPS) is 11.1. The number of aromatic nitrogens is 4. The predicted molar refractivity (Wildman–Crippen MR) is 80.0 cm³/mol. The van der Waals surface area contributed by atoms with Crippen LogP contribution in [0.4, 0.5) is 0 Å². The van der Waals surface area contributed by atoms with E-state index in [1.165, 1.54) is 18.1 Å². The summed E-state index contributed by atoms with van der Waals surface area (Å²) in [5.74, 6) is 0. The van der Waals surface area contributed by atoms with Gasteiger partial charge in [-0.15, -0.1) is 0 Å². The molecule has 0 aliphatic rings. The molecule has 0 radical (unpaired) electrons. The van der Waals surface area contributed by atoms with Crippen molar-refractivity contribution in [2.75, 3.05) is 7.05 Å². The van der Waals surface area contributed by atoms with Crippen molar-refractivity contribution in [3.05, 3.63) is 41.4 Å². The van der Waals surface area contributed by atoms with E-state index in [0.717, 1.165) is 27.5 Å². The van der Waals surface area contributed by atoms with Gasteiger partial charge in [0.15, 0.2) is 5.65 Å². The van der Waals surface area contributed by atoms with E-state index in [-0.39, 0.29) is 0 Å². The van der Waals surface area contributed by atoms with Gasteiger partial charge in [0.2, 0.25) is 0 Å². The predicted octanol–water partition coefficient (Wildman–Crippen LogP) is 2.88. The van der Waals surface area contributed by atoms with Gasteiger partial charge >= 0.3 is 0 Å². The summed E-state index contributed by atoms with van der Waals surface area (Å²) in [5, 5.41) is 4.68. The first-order chi connectivity index (χ1) is 9.79. The van der Waals surface area contributed by atoms with Crippen LogP contribution in [0.5, 0.6) is 0 Å². The highest BCUT2D eigenvalue weighted by atomic mass is 35.5.